The monoisotopic (exact) mass is 311 g/mol. The molecule has 0 spiro atoms. The van der Waals surface area contributed by atoms with Crippen LogP contribution in [0.15, 0.2) is 52.9 Å². The Kier molecular flexibility index (Phi) is 3.16. The summed E-state index contributed by atoms with van der Waals surface area (Å²) in [4.78, 5) is 14.5. The topological polar surface area (TPSA) is 33.5 Å². The third-order valence-electron chi connectivity index (χ3n) is 4.11. The van der Waals surface area contributed by atoms with Crippen molar-refractivity contribution in [1.82, 2.24) is 4.90 Å². The first-order valence-electron chi connectivity index (χ1n) is 7.26. The van der Waals surface area contributed by atoms with E-state index in [1.54, 1.807) is 18.2 Å². The fourth-order valence-electron chi connectivity index (χ4n) is 2.94. The second-order valence-electron chi connectivity index (χ2n) is 5.54. The van der Waals surface area contributed by atoms with E-state index in [1.165, 1.54) is 11.1 Å². The molecule has 1 amide bonds. The molecule has 0 saturated carbocycles. The molecule has 1 aromatic heterocycles. The van der Waals surface area contributed by atoms with Crippen LogP contribution < -0.4 is 0 Å². The van der Waals surface area contributed by atoms with Crippen LogP contribution in [0.5, 0.6) is 0 Å². The highest BCUT2D eigenvalue weighted by Crippen LogP contribution is 2.26. The van der Waals surface area contributed by atoms with Gasteiger partial charge >= 0.3 is 0 Å². The largest absolute Gasteiger partial charge is 0.451 e. The number of amides is 1. The predicted molar refractivity (Wildman–Crippen MR) is 86.1 cm³/mol. The lowest BCUT2D eigenvalue weighted by molar-refractivity contribution is 0.0705. The maximum Gasteiger partial charge on any atom is 0.289 e. The number of halogens is 1. The fraction of sp³-hybridized carbons (Fsp3) is 0.167. The van der Waals surface area contributed by atoms with Gasteiger partial charge in [0.25, 0.3) is 5.91 Å². The van der Waals surface area contributed by atoms with E-state index < -0.39 is 0 Å². The van der Waals surface area contributed by atoms with E-state index in [0.717, 1.165) is 11.8 Å². The lowest BCUT2D eigenvalue weighted by Gasteiger charge is -2.28. The first kappa shape index (κ1) is 13.4. The van der Waals surface area contributed by atoms with E-state index in [9.17, 15) is 4.79 Å². The van der Waals surface area contributed by atoms with Gasteiger partial charge in [0, 0.05) is 23.5 Å². The number of carbonyl (C=O) groups excluding carboxylic acids is 1. The Hall–Kier alpha value is -2.26. The molecule has 0 atom stereocenters. The molecule has 0 saturated heterocycles. The summed E-state index contributed by atoms with van der Waals surface area (Å²) in [7, 11) is 0. The van der Waals surface area contributed by atoms with Crippen LogP contribution >= 0.6 is 11.6 Å². The van der Waals surface area contributed by atoms with Gasteiger partial charge in [0.05, 0.1) is 0 Å². The van der Waals surface area contributed by atoms with Gasteiger partial charge in [-0.2, -0.15) is 0 Å². The van der Waals surface area contributed by atoms with E-state index in [0.29, 0.717) is 29.5 Å². The summed E-state index contributed by atoms with van der Waals surface area (Å²) in [5, 5.41) is 1.49. The van der Waals surface area contributed by atoms with E-state index >= 15 is 0 Å². The Bertz CT molecular complexity index is 868. The molecule has 3 aromatic rings. The molecule has 0 bridgehead atoms. The van der Waals surface area contributed by atoms with Gasteiger partial charge in [-0.05, 0) is 41.8 Å². The van der Waals surface area contributed by atoms with Crippen molar-refractivity contribution >= 4 is 28.5 Å². The summed E-state index contributed by atoms with van der Waals surface area (Å²) in [5.41, 5.74) is 3.22. The zero-order valence-electron chi connectivity index (χ0n) is 11.9. The lowest BCUT2D eigenvalue weighted by Crippen LogP contribution is -2.35. The van der Waals surface area contributed by atoms with Gasteiger partial charge in [-0.3, -0.25) is 4.79 Å². The van der Waals surface area contributed by atoms with Crippen LogP contribution in [0, 0.1) is 0 Å². The zero-order valence-corrected chi connectivity index (χ0v) is 12.6. The summed E-state index contributed by atoms with van der Waals surface area (Å²) in [5.74, 6) is 0.304. The minimum Gasteiger partial charge on any atom is -0.451 e. The molecule has 1 aliphatic rings. The zero-order chi connectivity index (χ0) is 15.1. The molecule has 0 fully saturated rings. The van der Waals surface area contributed by atoms with Gasteiger partial charge in [-0.25, -0.2) is 0 Å². The van der Waals surface area contributed by atoms with Crippen LogP contribution in [0.1, 0.15) is 21.7 Å². The first-order valence-corrected chi connectivity index (χ1v) is 7.64. The standard InChI is InChI=1S/C18H14ClNO2/c19-15-5-6-16-14(9-15)10-17(22-16)18(21)20-8-7-12-3-1-2-4-13(12)11-20/h1-6,9-10H,7-8,11H2. The number of hydrogen-bond donors (Lipinski definition) is 0. The number of hydrogen-bond acceptors (Lipinski definition) is 2. The number of rotatable bonds is 1. The maximum atomic E-state index is 12.7. The van der Waals surface area contributed by atoms with Crippen molar-refractivity contribution < 1.29 is 9.21 Å². The molecule has 110 valence electrons. The molecule has 2 heterocycles. The van der Waals surface area contributed by atoms with Crippen molar-refractivity contribution in [3.63, 3.8) is 0 Å². The van der Waals surface area contributed by atoms with Crippen molar-refractivity contribution in [2.24, 2.45) is 0 Å². The summed E-state index contributed by atoms with van der Waals surface area (Å²) in [6.07, 6.45) is 0.883. The average molecular weight is 312 g/mol. The van der Waals surface area contributed by atoms with Crippen molar-refractivity contribution in [2.45, 2.75) is 13.0 Å². The van der Waals surface area contributed by atoms with Gasteiger partial charge < -0.3 is 9.32 Å². The quantitative estimate of drug-likeness (QED) is 0.672. The van der Waals surface area contributed by atoms with E-state index in [1.807, 2.05) is 23.1 Å². The molecular formula is C18H14ClNO2. The van der Waals surface area contributed by atoms with Gasteiger partial charge in [0.15, 0.2) is 5.76 Å². The fourth-order valence-corrected chi connectivity index (χ4v) is 3.13. The van der Waals surface area contributed by atoms with Crippen LogP contribution in [0.3, 0.4) is 0 Å². The minimum atomic E-state index is -0.0678. The van der Waals surface area contributed by atoms with Gasteiger partial charge in [0.2, 0.25) is 0 Å². The van der Waals surface area contributed by atoms with Crippen LogP contribution in [0.2, 0.25) is 5.02 Å². The van der Waals surface area contributed by atoms with Gasteiger partial charge in [0.1, 0.15) is 5.58 Å². The van der Waals surface area contributed by atoms with Crippen LogP contribution in [0.4, 0.5) is 0 Å². The molecule has 4 rings (SSSR count). The molecule has 0 aliphatic carbocycles. The second-order valence-corrected chi connectivity index (χ2v) is 5.97. The van der Waals surface area contributed by atoms with E-state index in [4.69, 9.17) is 16.0 Å². The summed E-state index contributed by atoms with van der Waals surface area (Å²) in [6, 6.07) is 15.4. The number of fused-ring (bicyclic) bond motifs is 2. The smallest absolute Gasteiger partial charge is 0.289 e. The Morgan fingerprint density at radius 1 is 1.09 bits per heavy atom. The van der Waals surface area contributed by atoms with Gasteiger partial charge in [-0.15, -0.1) is 0 Å². The number of benzene rings is 2. The van der Waals surface area contributed by atoms with Crippen LogP contribution in [-0.4, -0.2) is 17.4 Å². The van der Waals surface area contributed by atoms with Crippen molar-refractivity contribution in [3.05, 3.63) is 70.4 Å². The summed E-state index contributed by atoms with van der Waals surface area (Å²) >= 11 is 5.98. The maximum absolute atomic E-state index is 12.7. The Balaban J connectivity index is 1.64. The van der Waals surface area contributed by atoms with E-state index in [-0.39, 0.29) is 5.91 Å². The van der Waals surface area contributed by atoms with Crippen molar-refractivity contribution in [1.29, 1.82) is 0 Å². The normalized spacial score (nSPS) is 14.1. The highest BCUT2D eigenvalue weighted by atomic mass is 35.5. The molecule has 1 aliphatic heterocycles. The molecule has 0 radical (unpaired) electrons. The molecule has 2 aromatic carbocycles. The first-order chi connectivity index (χ1) is 10.7. The van der Waals surface area contributed by atoms with Crippen molar-refractivity contribution in [2.75, 3.05) is 6.54 Å². The van der Waals surface area contributed by atoms with Gasteiger partial charge in [-0.1, -0.05) is 35.9 Å². The molecule has 4 heteroatoms. The molecule has 0 unspecified atom stereocenters. The third-order valence-corrected chi connectivity index (χ3v) is 4.34. The Labute approximate surface area is 133 Å². The third kappa shape index (κ3) is 2.28. The SMILES string of the molecule is O=C(c1cc2cc(Cl)ccc2o1)N1CCc2ccccc2C1. The highest BCUT2D eigenvalue weighted by Gasteiger charge is 2.24. The minimum absolute atomic E-state index is 0.0678. The highest BCUT2D eigenvalue weighted by molar-refractivity contribution is 6.31. The molecule has 0 N–H and O–H groups in total. The number of carbonyl (C=O) groups is 1. The molecule has 22 heavy (non-hydrogen) atoms. The Morgan fingerprint density at radius 3 is 2.77 bits per heavy atom. The number of furan rings is 1. The van der Waals surface area contributed by atoms with Crippen molar-refractivity contribution in [3.8, 4) is 0 Å². The van der Waals surface area contributed by atoms with Crippen LogP contribution in [-0.2, 0) is 13.0 Å². The predicted octanol–water partition coefficient (Wildman–Crippen LogP) is 4.28. The second kappa shape index (κ2) is 5.18. The number of nitrogens with zero attached hydrogens (tertiary/aromatic N) is 1. The van der Waals surface area contributed by atoms with E-state index in [2.05, 4.69) is 12.1 Å². The Morgan fingerprint density at radius 2 is 1.91 bits per heavy atom. The van der Waals surface area contributed by atoms with Crippen LogP contribution in [0.25, 0.3) is 11.0 Å². The lowest BCUT2D eigenvalue weighted by atomic mass is 10.00. The summed E-state index contributed by atoms with van der Waals surface area (Å²) in [6.45, 7) is 1.35. The molecular weight excluding hydrogens is 298 g/mol. The average Bonchev–Trinajstić information content (AvgIpc) is 2.96. The summed E-state index contributed by atoms with van der Waals surface area (Å²) < 4.78 is 5.68. The molecule has 3 nitrogen and oxygen atoms in total.